The van der Waals surface area contributed by atoms with E-state index in [1.807, 2.05) is 5.38 Å². The van der Waals surface area contributed by atoms with E-state index in [2.05, 4.69) is 4.98 Å². The number of hydrogen-bond acceptors (Lipinski definition) is 4. The molecule has 2 aromatic rings. The molecule has 1 aromatic carbocycles. The number of carbonyl (C=O) groups is 1. The molecule has 0 aliphatic heterocycles. The van der Waals surface area contributed by atoms with E-state index < -0.39 is 0 Å². The second kappa shape index (κ2) is 5.93. The third-order valence-electron chi connectivity index (χ3n) is 2.11. The van der Waals surface area contributed by atoms with Gasteiger partial charge in [-0.3, -0.25) is 4.79 Å². The van der Waals surface area contributed by atoms with E-state index in [0.717, 1.165) is 4.34 Å². The fourth-order valence-corrected chi connectivity index (χ4v) is 2.83. The molecule has 0 aliphatic rings. The van der Waals surface area contributed by atoms with Crippen molar-refractivity contribution in [2.45, 2.75) is 10.8 Å². The maximum atomic E-state index is 13.3. The number of hydrogen-bond donors (Lipinski definition) is 0. The molecule has 5 heteroatoms. The molecule has 1 aromatic heterocycles. The summed E-state index contributed by atoms with van der Waals surface area (Å²) >= 11 is 2.90. The molecule has 0 unspecified atom stereocenters. The summed E-state index contributed by atoms with van der Waals surface area (Å²) < 4.78 is 14.2. The van der Waals surface area contributed by atoms with E-state index in [9.17, 15) is 9.18 Å². The van der Waals surface area contributed by atoms with Crippen molar-refractivity contribution in [3.05, 3.63) is 47.2 Å². The topological polar surface area (TPSA) is 30.0 Å². The smallest absolute Gasteiger partial charge is 0.150 e. The summed E-state index contributed by atoms with van der Waals surface area (Å²) in [6.07, 6.45) is 1.85. The fourth-order valence-electron chi connectivity index (χ4n) is 1.33. The highest BCUT2D eigenvalue weighted by atomic mass is 32.2. The molecule has 0 saturated carbocycles. The molecule has 17 heavy (non-hydrogen) atoms. The minimum Gasteiger partial charge on any atom is -0.298 e. The summed E-state index contributed by atoms with van der Waals surface area (Å²) in [5, 5.41) is 1.86. The molecule has 0 amide bonds. The first kappa shape index (κ1) is 12.3. The molecule has 0 fully saturated rings. The van der Waals surface area contributed by atoms with Gasteiger partial charge in [0.15, 0.2) is 0 Å². The molecule has 0 N–H and O–H groups in total. The lowest BCUT2D eigenvalue weighted by atomic mass is 10.1. The molecule has 2 rings (SSSR count). The Labute approximate surface area is 107 Å². The first-order chi connectivity index (χ1) is 8.25. The van der Waals surface area contributed by atoms with Crippen LogP contribution in [0.15, 0.2) is 40.2 Å². The van der Waals surface area contributed by atoms with Gasteiger partial charge >= 0.3 is 0 Å². The Hall–Kier alpha value is -1.20. The van der Waals surface area contributed by atoms with Crippen LogP contribution < -0.4 is 0 Å². The Morgan fingerprint density at radius 1 is 1.41 bits per heavy atom. The van der Waals surface area contributed by atoms with Gasteiger partial charge in [-0.2, -0.15) is 0 Å². The van der Waals surface area contributed by atoms with Crippen LogP contribution in [0.1, 0.15) is 5.56 Å². The largest absolute Gasteiger partial charge is 0.298 e. The highest BCUT2D eigenvalue weighted by molar-refractivity contribution is 8.01. The van der Waals surface area contributed by atoms with Crippen molar-refractivity contribution in [3.63, 3.8) is 0 Å². The molecule has 88 valence electrons. The van der Waals surface area contributed by atoms with Gasteiger partial charge in [0.25, 0.3) is 0 Å². The zero-order valence-electron chi connectivity index (χ0n) is 8.93. The van der Waals surface area contributed by atoms with Crippen molar-refractivity contribution >= 4 is 28.9 Å². The van der Waals surface area contributed by atoms with Crippen LogP contribution in [0.4, 0.5) is 4.39 Å². The van der Waals surface area contributed by atoms with Crippen LogP contribution in [0.2, 0.25) is 0 Å². The lowest BCUT2D eigenvalue weighted by molar-refractivity contribution is -0.116. The van der Waals surface area contributed by atoms with Gasteiger partial charge in [0.05, 0.1) is 5.75 Å². The highest BCUT2D eigenvalue weighted by Crippen LogP contribution is 2.20. The monoisotopic (exact) mass is 267 g/mol. The third-order valence-corrected chi connectivity index (χ3v) is 4.14. The van der Waals surface area contributed by atoms with Crippen molar-refractivity contribution in [2.75, 3.05) is 5.75 Å². The number of carbonyl (C=O) groups excluding carboxylic acids is 1. The molecule has 0 atom stereocenters. The number of aromatic nitrogens is 1. The Morgan fingerprint density at radius 2 is 2.24 bits per heavy atom. The molecule has 2 nitrogen and oxygen atoms in total. The Bertz CT molecular complexity index is 499. The number of nitrogens with zero attached hydrogens (tertiary/aromatic N) is 1. The zero-order chi connectivity index (χ0) is 12.1. The maximum absolute atomic E-state index is 13.3. The van der Waals surface area contributed by atoms with Crippen molar-refractivity contribution in [3.8, 4) is 0 Å². The van der Waals surface area contributed by atoms with E-state index in [1.54, 1.807) is 24.4 Å². The van der Waals surface area contributed by atoms with E-state index in [-0.39, 0.29) is 18.0 Å². The minimum absolute atomic E-state index is 0.00954. The van der Waals surface area contributed by atoms with Gasteiger partial charge < -0.3 is 0 Å². The highest BCUT2D eigenvalue weighted by Gasteiger charge is 2.08. The number of halogens is 1. The third kappa shape index (κ3) is 3.64. The summed E-state index contributed by atoms with van der Waals surface area (Å²) in [5.74, 6) is 0.0254. The second-order valence-corrected chi connectivity index (χ2v) is 5.51. The summed E-state index contributed by atoms with van der Waals surface area (Å²) in [4.78, 5) is 15.7. The first-order valence-corrected chi connectivity index (χ1v) is 6.89. The van der Waals surface area contributed by atoms with E-state index >= 15 is 0 Å². The average Bonchev–Trinajstić information content (AvgIpc) is 2.82. The Balaban J connectivity index is 1.87. The normalized spacial score (nSPS) is 10.4. The van der Waals surface area contributed by atoms with Crippen LogP contribution in [0.5, 0.6) is 0 Å². The van der Waals surface area contributed by atoms with Crippen LogP contribution in [-0.2, 0) is 11.2 Å². The number of Topliss-reactive ketones (excluding diaryl/α,β-unsaturated/α-hetero) is 1. The molecule has 0 radical (unpaired) electrons. The van der Waals surface area contributed by atoms with Crippen LogP contribution in [-0.4, -0.2) is 16.5 Å². The molecule has 0 aliphatic carbocycles. The summed E-state index contributed by atoms with van der Waals surface area (Å²) in [6.45, 7) is 0. The van der Waals surface area contributed by atoms with Crippen molar-refractivity contribution in [1.29, 1.82) is 0 Å². The Morgan fingerprint density at radius 3 is 2.94 bits per heavy atom. The van der Waals surface area contributed by atoms with Gasteiger partial charge in [0.1, 0.15) is 15.9 Å². The quantitative estimate of drug-likeness (QED) is 0.779. The number of thioether (sulfide) groups is 1. The molecule has 0 saturated heterocycles. The SMILES string of the molecule is O=C(CSc1nccs1)Cc1ccccc1F. The molecule has 0 spiro atoms. The van der Waals surface area contributed by atoms with Crippen LogP contribution >= 0.6 is 23.1 Å². The number of ketones is 1. The predicted octanol–water partition coefficient (Wildman–Crippen LogP) is 3.19. The van der Waals surface area contributed by atoms with E-state index in [0.29, 0.717) is 11.3 Å². The van der Waals surface area contributed by atoms with Gasteiger partial charge in [-0.05, 0) is 11.6 Å². The van der Waals surface area contributed by atoms with Gasteiger partial charge in [-0.15, -0.1) is 11.3 Å². The maximum Gasteiger partial charge on any atom is 0.150 e. The van der Waals surface area contributed by atoms with Crippen molar-refractivity contribution < 1.29 is 9.18 Å². The van der Waals surface area contributed by atoms with Crippen molar-refractivity contribution in [1.82, 2.24) is 4.98 Å². The van der Waals surface area contributed by atoms with Gasteiger partial charge in [0, 0.05) is 18.0 Å². The van der Waals surface area contributed by atoms with Gasteiger partial charge in [0.2, 0.25) is 0 Å². The van der Waals surface area contributed by atoms with E-state index in [1.165, 1.54) is 29.2 Å². The molecule has 1 heterocycles. The summed E-state index contributed by atoms with van der Waals surface area (Å²) in [5.41, 5.74) is 0.456. The average molecular weight is 267 g/mol. The molecule has 0 bridgehead atoms. The standard InChI is InChI=1S/C12H10FNOS2/c13-11-4-2-1-3-9(11)7-10(15)8-17-12-14-5-6-16-12/h1-6H,7-8H2. The molecular formula is C12H10FNOS2. The first-order valence-electron chi connectivity index (χ1n) is 5.03. The van der Waals surface area contributed by atoms with Crippen LogP contribution in [0.3, 0.4) is 0 Å². The van der Waals surface area contributed by atoms with Gasteiger partial charge in [-0.25, -0.2) is 9.37 Å². The lowest BCUT2D eigenvalue weighted by Gasteiger charge is -2.01. The van der Waals surface area contributed by atoms with Gasteiger partial charge in [-0.1, -0.05) is 30.0 Å². The zero-order valence-corrected chi connectivity index (χ0v) is 10.6. The van der Waals surface area contributed by atoms with Crippen molar-refractivity contribution in [2.24, 2.45) is 0 Å². The summed E-state index contributed by atoms with van der Waals surface area (Å²) in [7, 11) is 0. The minimum atomic E-state index is -0.319. The fraction of sp³-hybridized carbons (Fsp3) is 0.167. The Kier molecular flexibility index (Phi) is 4.28. The number of benzene rings is 1. The second-order valence-electron chi connectivity index (χ2n) is 3.39. The number of thiazole rings is 1. The van der Waals surface area contributed by atoms with Crippen LogP contribution in [0.25, 0.3) is 0 Å². The lowest BCUT2D eigenvalue weighted by Crippen LogP contribution is -2.06. The van der Waals surface area contributed by atoms with Crippen LogP contribution in [0, 0.1) is 5.82 Å². The molecular weight excluding hydrogens is 257 g/mol. The van der Waals surface area contributed by atoms with E-state index in [4.69, 9.17) is 0 Å². The number of rotatable bonds is 5. The summed E-state index contributed by atoms with van der Waals surface area (Å²) in [6, 6.07) is 6.37. The predicted molar refractivity (Wildman–Crippen MR) is 67.9 cm³/mol.